The number of benzene rings is 1. The summed E-state index contributed by atoms with van der Waals surface area (Å²) in [5, 5.41) is 9.76. The third-order valence-electron chi connectivity index (χ3n) is 3.49. The van der Waals surface area contributed by atoms with E-state index < -0.39 is 0 Å². The summed E-state index contributed by atoms with van der Waals surface area (Å²) in [6, 6.07) is 5.55. The van der Waals surface area contributed by atoms with Crippen molar-refractivity contribution in [2.24, 2.45) is 0 Å². The number of phenols is 1. The molecule has 1 unspecified atom stereocenters. The number of nitrogens with zero attached hydrogens (tertiary/aromatic N) is 1. The van der Waals surface area contributed by atoms with Crippen molar-refractivity contribution in [1.29, 1.82) is 0 Å². The zero-order valence-corrected chi connectivity index (χ0v) is 11.8. The van der Waals surface area contributed by atoms with Crippen LogP contribution in [0.3, 0.4) is 0 Å². The van der Waals surface area contributed by atoms with Crippen molar-refractivity contribution >= 4 is 0 Å². The zero-order chi connectivity index (χ0) is 13.7. The Morgan fingerprint density at radius 3 is 2.89 bits per heavy atom. The molecule has 2 rings (SSSR count). The largest absolute Gasteiger partial charge is 0.504 e. The number of rotatable bonds is 5. The van der Waals surface area contributed by atoms with Gasteiger partial charge in [-0.25, -0.2) is 0 Å². The van der Waals surface area contributed by atoms with Gasteiger partial charge < -0.3 is 14.6 Å². The van der Waals surface area contributed by atoms with Gasteiger partial charge in [0.2, 0.25) is 0 Å². The number of ether oxygens (including phenoxy) is 2. The smallest absolute Gasteiger partial charge is 0.160 e. The molecule has 0 bridgehead atoms. The number of hydrogen-bond acceptors (Lipinski definition) is 4. The molecule has 1 fully saturated rings. The third-order valence-corrected chi connectivity index (χ3v) is 3.49. The van der Waals surface area contributed by atoms with Crippen molar-refractivity contribution in [3.05, 3.63) is 23.8 Å². The summed E-state index contributed by atoms with van der Waals surface area (Å²) >= 11 is 0. The van der Waals surface area contributed by atoms with Crippen LogP contribution in [0.15, 0.2) is 18.2 Å². The molecule has 1 aromatic rings. The first kappa shape index (κ1) is 14.2. The molecule has 0 aliphatic carbocycles. The van der Waals surface area contributed by atoms with Crippen LogP contribution in [0.25, 0.3) is 0 Å². The summed E-state index contributed by atoms with van der Waals surface area (Å²) in [6.45, 7) is 2.63. The predicted molar refractivity (Wildman–Crippen MR) is 74.6 cm³/mol. The highest BCUT2D eigenvalue weighted by molar-refractivity contribution is 5.41. The first-order chi connectivity index (χ1) is 9.19. The molecule has 1 aliphatic rings. The summed E-state index contributed by atoms with van der Waals surface area (Å²) < 4.78 is 10.8. The van der Waals surface area contributed by atoms with E-state index in [1.165, 1.54) is 12.8 Å². The highest BCUT2D eigenvalue weighted by Crippen LogP contribution is 2.26. The van der Waals surface area contributed by atoms with Gasteiger partial charge in [0, 0.05) is 19.7 Å². The van der Waals surface area contributed by atoms with E-state index in [1.54, 1.807) is 19.2 Å². The molecule has 0 amide bonds. The molecule has 106 valence electrons. The van der Waals surface area contributed by atoms with Gasteiger partial charge in [-0.15, -0.1) is 0 Å². The minimum absolute atomic E-state index is 0.197. The molecule has 4 heteroatoms. The van der Waals surface area contributed by atoms with Gasteiger partial charge in [0.25, 0.3) is 0 Å². The van der Waals surface area contributed by atoms with Crippen LogP contribution in [-0.2, 0) is 11.3 Å². The van der Waals surface area contributed by atoms with Crippen LogP contribution in [0.4, 0.5) is 0 Å². The van der Waals surface area contributed by atoms with Crippen LogP contribution in [0, 0.1) is 0 Å². The Bertz CT molecular complexity index is 402. The molecule has 1 N–H and O–H groups in total. The molecule has 1 aliphatic heterocycles. The highest BCUT2D eigenvalue weighted by Gasteiger charge is 2.16. The van der Waals surface area contributed by atoms with Gasteiger partial charge in [0.05, 0.1) is 13.2 Å². The van der Waals surface area contributed by atoms with Crippen LogP contribution < -0.4 is 4.74 Å². The number of aromatic hydroxyl groups is 1. The zero-order valence-electron chi connectivity index (χ0n) is 11.8. The first-order valence-corrected chi connectivity index (χ1v) is 6.85. The number of likely N-dealkylation sites (N-methyl/N-ethyl adjacent to an activating group) is 1. The maximum Gasteiger partial charge on any atom is 0.160 e. The van der Waals surface area contributed by atoms with Crippen LogP contribution in [0.2, 0.25) is 0 Å². The molecule has 0 aromatic heterocycles. The van der Waals surface area contributed by atoms with E-state index in [-0.39, 0.29) is 5.75 Å². The molecule has 0 saturated carbocycles. The average molecular weight is 265 g/mol. The van der Waals surface area contributed by atoms with Crippen molar-refractivity contribution in [2.45, 2.75) is 31.9 Å². The summed E-state index contributed by atoms with van der Waals surface area (Å²) in [7, 11) is 3.64. The Balaban J connectivity index is 1.87. The second-order valence-corrected chi connectivity index (χ2v) is 5.19. The van der Waals surface area contributed by atoms with Crippen molar-refractivity contribution in [2.75, 3.05) is 27.3 Å². The topological polar surface area (TPSA) is 41.9 Å². The number of hydrogen-bond donors (Lipinski definition) is 1. The van der Waals surface area contributed by atoms with Crippen molar-refractivity contribution in [3.63, 3.8) is 0 Å². The fourth-order valence-corrected chi connectivity index (χ4v) is 2.51. The predicted octanol–water partition coefficient (Wildman–Crippen LogP) is 2.40. The Morgan fingerprint density at radius 1 is 1.42 bits per heavy atom. The minimum atomic E-state index is 0.197. The Morgan fingerprint density at radius 2 is 2.26 bits per heavy atom. The molecule has 0 radical (unpaired) electrons. The van der Waals surface area contributed by atoms with E-state index in [2.05, 4.69) is 11.9 Å². The van der Waals surface area contributed by atoms with Crippen molar-refractivity contribution in [1.82, 2.24) is 4.90 Å². The maximum atomic E-state index is 9.76. The summed E-state index contributed by atoms with van der Waals surface area (Å²) in [6.07, 6.45) is 3.96. The van der Waals surface area contributed by atoms with E-state index in [4.69, 9.17) is 9.47 Å². The first-order valence-electron chi connectivity index (χ1n) is 6.85. The van der Waals surface area contributed by atoms with Gasteiger partial charge in [-0.1, -0.05) is 6.07 Å². The van der Waals surface area contributed by atoms with Gasteiger partial charge in [-0.3, -0.25) is 4.90 Å². The summed E-state index contributed by atoms with van der Waals surface area (Å²) in [4.78, 5) is 2.23. The monoisotopic (exact) mass is 265 g/mol. The second kappa shape index (κ2) is 6.78. The molecule has 0 spiro atoms. The molecular weight excluding hydrogens is 242 g/mol. The number of phenolic OH excluding ortho intramolecular Hbond substituents is 1. The Hall–Kier alpha value is -1.26. The minimum Gasteiger partial charge on any atom is -0.504 e. The fourth-order valence-electron chi connectivity index (χ4n) is 2.51. The molecule has 1 aromatic carbocycles. The van der Waals surface area contributed by atoms with Crippen molar-refractivity contribution in [3.8, 4) is 11.5 Å². The van der Waals surface area contributed by atoms with Crippen LogP contribution in [-0.4, -0.2) is 43.4 Å². The van der Waals surface area contributed by atoms with Crippen LogP contribution >= 0.6 is 0 Å². The molecular formula is C15H23NO3. The van der Waals surface area contributed by atoms with Crippen LogP contribution in [0.5, 0.6) is 11.5 Å². The van der Waals surface area contributed by atoms with Gasteiger partial charge in [0.15, 0.2) is 11.5 Å². The lowest BCUT2D eigenvalue weighted by atomic mass is 10.1. The summed E-state index contributed by atoms with van der Waals surface area (Å²) in [5.41, 5.74) is 1.08. The SMILES string of the molecule is COc1ccc(CN(C)CC2CCCCO2)cc1O. The third kappa shape index (κ3) is 4.11. The molecule has 1 heterocycles. The quantitative estimate of drug-likeness (QED) is 0.887. The lowest BCUT2D eigenvalue weighted by Crippen LogP contribution is -2.33. The fraction of sp³-hybridized carbons (Fsp3) is 0.600. The molecule has 4 nitrogen and oxygen atoms in total. The maximum absolute atomic E-state index is 9.76. The normalized spacial score (nSPS) is 19.6. The standard InChI is InChI=1S/C15H23NO3/c1-16(11-13-5-3-4-8-19-13)10-12-6-7-15(18-2)14(17)9-12/h6-7,9,13,17H,3-5,8,10-11H2,1-2H3. The van der Waals surface area contributed by atoms with E-state index >= 15 is 0 Å². The van der Waals surface area contributed by atoms with Gasteiger partial charge >= 0.3 is 0 Å². The lowest BCUT2D eigenvalue weighted by molar-refractivity contribution is -0.00259. The van der Waals surface area contributed by atoms with Gasteiger partial charge in [-0.2, -0.15) is 0 Å². The average Bonchev–Trinajstić information content (AvgIpc) is 2.40. The van der Waals surface area contributed by atoms with E-state index in [0.717, 1.165) is 31.7 Å². The van der Waals surface area contributed by atoms with E-state index in [9.17, 15) is 5.11 Å². The molecule has 1 atom stereocenters. The number of methoxy groups -OCH3 is 1. The Kier molecular flexibility index (Phi) is 5.05. The second-order valence-electron chi connectivity index (χ2n) is 5.19. The van der Waals surface area contributed by atoms with E-state index in [1.807, 2.05) is 6.07 Å². The van der Waals surface area contributed by atoms with E-state index in [0.29, 0.717) is 11.9 Å². The summed E-state index contributed by atoms with van der Waals surface area (Å²) in [5.74, 6) is 0.712. The molecule has 19 heavy (non-hydrogen) atoms. The van der Waals surface area contributed by atoms with Crippen LogP contribution in [0.1, 0.15) is 24.8 Å². The van der Waals surface area contributed by atoms with Crippen molar-refractivity contribution < 1.29 is 14.6 Å². The highest BCUT2D eigenvalue weighted by atomic mass is 16.5. The lowest BCUT2D eigenvalue weighted by Gasteiger charge is -2.27. The Labute approximate surface area is 114 Å². The molecule has 1 saturated heterocycles. The van der Waals surface area contributed by atoms with Gasteiger partial charge in [0.1, 0.15) is 0 Å². The van der Waals surface area contributed by atoms with Gasteiger partial charge in [-0.05, 0) is 44.0 Å².